The molecule has 0 aliphatic carbocycles. The molecular formula is C33H58N6O4S2. The second kappa shape index (κ2) is 25.9. The van der Waals surface area contributed by atoms with Crippen molar-refractivity contribution in [3.63, 3.8) is 0 Å². The van der Waals surface area contributed by atoms with Crippen molar-refractivity contribution in [1.29, 1.82) is 21.0 Å². The zero-order valence-corrected chi connectivity index (χ0v) is 29.7. The lowest BCUT2D eigenvalue weighted by atomic mass is 10.1. The number of unbranched alkanes of at least 4 members (excludes halogenated alkanes) is 16. The van der Waals surface area contributed by atoms with Gasteiger partial charge in [-0.15, -0.1) is 0 Å². The number of hydrogen-bond acceptors (Lipinski definition) is 8. The van der Waals surface area contributed by atoms with Crippen molar-refractivity contribution in [2.75, 3.05) is 26.2 Å². The van der Waals surface area contributed by atoms with Crippen LogP contribution in [0.4, 0.5) is 0 Å². The summed E-state index contributed by atoms with van der Waals surface area (Å²) in [5.41, 5.74) is 0. The van der Waals surface area contributed by atoms with Gasteiger partial charge in [0.05, 0.1) is 24.3 Å². The fourth-order valence-electron chi connectivity index (χ4n) is 5.67. The summed E-state index contributed by atoms with van der Waals surface area (Å²) in [6.07, 6.45) is 13.4. The molecule has 0 aromatic heterocycles. The minimum Gasteiger partial charge on any atom is -0.210 e. The van der Waals surface area contributed by atoms with Crippen LogP contribution in [0.25, 0.3) is 0 Å². The summed E-state index contributed by atoms with van der Waals surface area (Å²) < 4.78 is 59.1. The molecule has 0 N–H and O–H groups in total. The van der Waals surface area contributed by atoms with E-state index in [2.05, 4.69) is 24.3 Å². The normalized spacial score (nSPS) is 12.1. The predicted octanol–water partition coefficient (Wildman–Crippen LogP) is 7.66. The predicted molar refractivity (Wildman–Crippen MR) is 179 cm³/mol. The Balaban J connectivity index is 6.16. The van der Waals surface area contributed by atoms with Crippen LogP contribution in [-0.2, 0) is 20.0 Å². The Hall–Kier alpha value is -2.22. The summed E-state index contributed by atoms with van der Waals surface area (Å²) in [6.45, 7) is 4.26. The van der Waals surface area contributed by atoms with Crippen LogP contribution in [0.1, 0.15) is 155 Å². The maximum Gasteiger partial charge on any atom is 0.235 e. The SMILES string of the molecule is CCC(CC)(S(=O)(=O)N(CCCCCCC#N)CCCCCCC#N)S(=O)(=O)N(CCCCCCC#N)CCCCCCC#N. The maximum atomic E-state index is 14.6. The third-order valence-corrected chi connectivity index (χ3v) is 14.9. The van der Waals surface area contributed by atoms with Crippen LogP contribution < -0.4 is 0 Å². The quantitative estimate of drug-likeness (QED) is 0.0703. The molecule has 10 nitrogen and oxygen atoms in total. The van der Waals surface area contributed by atoms with E-state index in [1.807, 2.05) is 0 Å². The van der Waals surface area contributed by atoms with Gasteiger partial charge in [-0.2, -0.15) is 21.0 Å². The first kappa shape index (κ1) is 42.8. The van der Waals surface area contributed by atoms with E-state index in [4.69, 9.17) is 21.0 Å². The second-order valence-electron chi connectivity index (χ2n) is 11.7. The summed E-state index contributed by atoms with van der Waals surface area (Å²) in [6, 6.07) is 8.53. The van der Waals surface area contributed by atoms with Crippen LogP contribution in [0.3, 0.4) is 0 Å². The largest absolute Gasteiger partial charge is 0.235 e. The van der Waals surface area contributed by atoms with Crippen LogP contribution >= 0.6 is 0 Å². The molecule has 45 heavy (non-hydrogen) atoms. The molecule has 12 heteroatoms. The van der Waals surface area contributed by atoms with Crippen LogP contribution in [-0.4, -0.2) is 55.7 Å². The smallest absolute Gasteiger partial charge is 0.210 e. The number of rotatable bonds is 30. The van der Waals surface area contributed by atoms with Crippen molar-refractivity contribution in [3.05, 3.63) is 0 Å². The number of nitriles is 4. The van der Waals surface area contributed by atoms with Crippen molar-refractivity contribution >= 4 is 20.0 Å². The second-order valence-corrected chi connectivity index (χ2v) is 16.5. The van der Waals surface area contributed by atoms with Gasteiger partial charge < -0.3 is 0 Å². The molecule has 0 bridgehead atoms. The van der Waals surface area contributed by atoms with Crippen LogP contribution in [0, 0.1) is 45.3 Å². The molecule has 0 atom stereocenters. The highest BCUT2D eigenvalue weighted by molar-refractivity contribution is 8.08. The Labute approximate surface area is 275 Å². The molecule has 0 amide bonds. The van der Waals surface area contributed by atoms with E-state index in [9.17, 15) is 16.8 Å². The number of sulfonamides is 2. The minimum absolute atomic E-state index is 0.0597. The molecule has 0 rings (SSSR count). The van der Waals surface area contributed by atoms with Crippen LogP contribution in [0.15, 0.2) is 0 Å². The Morgan fingerprint density at radius 3 is 0.844 bits per heavy atom. The standard InChI is InChI=1S/C33H58N6O4S2/c1-3-33(4-2,44(40,41)38(29-21-13-5-9-17-25-34)30-22-14-6-10-18-26-35)45(42,43)39(31-23-15-7-11-19-27-36)32-24-16-8-12-20-28-37/h3-24,29-32H2,1-2H3. The van der Waals surface area contributed by atoms with Gasteiger partial charge in [-0.1, -0.05) is 65.2 Å². The van der Waals surface area contributed by atoms with Crippen molar-refractivity contribution < 1.29 is 16.8 Å². The van der Waals surface area contributed by atoms with Gasteiger partial charge in [0, 0.05) is 51.9 Å². The van der Waals surface area contributed by atoms with E-state index < -0.39 is 24.1 Å². The Bertz CT molecular complexity index is 1020. The summed E-state index contributed by atoms with van der Waals surface area (Å²) in [5, 5.41) is 35.3. The topological polar surface area (TPSA) is 170 Å². The van der Waals surface area contributed by atoms with E-state index in [1.54, 1.807) is 13.8 Å². The lowest BCUT2D eigenvalue weighted by molar-refractivity contribution is 0.352. The first-order chi connectivity index (χ1) is 21.7. The first-order valence-electron chi connectivity index (χ1n) is 17.1. The maximum absolute atomic E-state index is 14.6. The van der Waals surface area contributed by atoms with Crippen LogP contribution in [0.5, 0.6) is 0 Å². The molecule has 0 aromatic carbocycles. The van der Waals surface area contributed by atoms with Gasteiger partial charge in [0.1, 0.15) is 0 Å². The van der Waals surface area contributed by atoms with Gasteiger partial charge in [0.25, 0.3) is 0 Å². The highest BCUT2D eigenvalue weighted by Crippen LogP contribution is 2.38. The first-order valence-corrected chi connectivity index (χ1v) is 20.0. The fraction of sp³-hybridized carbons (Fsp3) is 0.879. The van der Waals surface area contributed by atoms with Gasteiger partial charge in [0.15, 0.2) is 0 Å². The fourth-order valence-corrected chi connectivity index (χ4v) is 11.2. The third-order valence-electron chi connectivity index (χ3n) is 8.48. The molecule has 0 spiro atoms. The van der Waals surface area contributed by atoms with Gasteiger partial charge >= 0.3 is 0 Å². The molecule has 0 radical (unpaired) electrons. The average molecular weight is 667 g/mol. The molecule has 0 unspecified atom stereocenters. The summed E-state index contributed by atoms with van der Waals surface area (Å²) in [5.74, 6) is 0. The Morgan fingerprint density at radius 1 is 0.422 bits per heavy atom. The van der Waals surface area contributed by atoms with Crippen molar-refractivity contribution in [3.8, 4) is 24.3 Å². The van der Waals surface area contributed by atoms with E-state index >= 15 is 0 Å². The monoisotopic (exact) mass is 666 g/mol. The van der Waals surface area contributed by atoms with E-state index in [0.29, 0.717) is 51.4 Å². The molecule has 0 fully saturated rings. The van der Waals surface area contributed by atoms with E-state index in [0.717, 1.165) is 77.0 Å². The van der Waals surface area contributed by atoms with E-state index in [1.165, 1.54) is 8.61 Å². The summed E-state index contributed by atoms with van der Waals surface area (Å²) in [4.78, 5) is 0. The van der Waals surface area contributed by atoms with Gasteiger partial charge in [-0.25, -0.2) is 25.4 Å². The molecule has 0 saturated carbocycles. The van der Waals surface area contributed by atoms with Crippen molar-refractivity contribution in [2.24, 2.45) is 0 Å². The zero-order chi connectivity index (χ0) is 33.9. The lowest BCUT2D eigenvalue weighted by Gasteiger charge is -2.39. The molecule has 0 aliphatic heterocycles. The van der Waals surface area contributed by atoms with Gasteiger partial charge in [-0.05, 0) is 64.2 Å². The highest BCUT2D eigenvalue weighted by Gasteiger charge is 2.56. The van der Waals surface area contributed by atoms with E-state index in [-0.39, 0.29) is 39.0 Å². The molecule has 0 saturated heterocycles. The Kier molecular flexibility index (Phi) is 24.6. The summed E-state index contributed by atoms with van der Waals surface area (Å²) in [7, 11) is -8.56. The third kappa shape index (κ3) is 15.3. The van der Waals surface area contributed by atoms with Gasteiger partial charge in [-0.3, -0.25) is 0 Å². The molecule has 256 valence electrons. The average Bonchev–Trinajstić information content (AvgIpc) is 3.02. The number of hydrogen-bond donors (Lipinski definition) is 0. The van der Waals surface area contributed by atoms with Crippen molar-refractivity contribution in [2.45, 2.75) is 159 Å². The molecule has 0 aromatic rings. The molecule has 0 aliphatic rings. The Morgan fingerprint density at radius 2 is 0.644 bits per heavy atom. The minimum atomic E-state index is -4.28. The highest BCUT2D eigenvalue weighted by atomic mass is 32.3. The van der Waals surface area contributed by atoms with Crippen molar-refractivity contribution in [1.82, 2.24) is 8.61 Å². The summed E-state index contributed by atoms with van der Waals surface area (Å²) >= 11 is 0. The van der Waals surface area contributed by atoms with Crippen LogP contribution in [0.2, 0.25) is 0 Å². The lowest BCUT2D eigenvalue weighted by Crippen LogP contribution is -2.58. The van der Waals surface area contributed by atoms with Gasteiger partial charge in [0.2, 0.25) is 24.1 Å². The number of nitrogens with zero attached hydrogens (tertiary/aromatic N) is 6. The zero-order valence-electron chi connectivity index (χ0n) is 28.0. The molecule has 0 heterocycles. The molecular weight excluding hydrogens is 609 g/mol.